The average molecular weight is 538 g/mol. The summed E-state index contributed by atoms with van der Waals surface area (Å²) in [6, 6.07) is 13.8. The average Bonchev–Trinajstić information content (AvgIpc) is 3.23. The van der Waals surface area contributed by atoms with Crippen molar-refractivity contribution in [3.63, 3.8) is 0 Å². The van der Waals surface area contributed by atoms with Crippen LogP contribution in [0.25, 0.3) is 32.8 Å². The molecule has 1 aromatic heterocycles. The van der Waals surface area contributed by atoms with Crippen LogP contribution in [0, 0.1) is 11.8 Å². The van der Waals surface area contributed by atoms with Crippen LogP contribution < -0.4 is 4.74 Å². The van der Waals surface area contributed by atoms with Gasteiger partial charge < -0.3 is 9.57 Å². The van der Waals surface area contributed by atoms with Crippen LogP contribution in [0.2, 0.25) is 0 Å². The van der Waals surface area contributed by atoms with Crippen molar-refractivity contribution < 1.29 is 24.0 Å². The Hall–Kier alpha value is -4.07. The number of benzene rings is 3. The lowest BCUT2D eigenvalue weighted by Crippen LogP contribution is -2.46. The van der Waals surface area contributed by atoms with Crippen molar-refractivity contribution >= 4 is 50.6 Å². The van der Waals surface area contributed by atoms with Crippen LogP contribution in [0.4, 0.5) is 0 Å². The number of fused-ring (bicyclic) bond motifs is 9. The fraction of sp³-hybridized carbons (Fsp3) is 0.406. The Balaban J connectivity index is 1.36. The summed E-state index contributed by atoms with van der Waals surface area (Å²) >= 11 is 0. The van der Waals surface area contributed by atoms with Crippen LogP contribution in [-0.2, 0) is 25.6 Å². The molecule has 1 saturated carbocycles. The highest BCUT2D eigenvalue weighted by atomic mass is 16.7. The van der Waals surface area contributed by atoms with Gasteiger partial charge in [-0.2, -0.15) is 0 Å². The Morgan fingerprint density at radius 2 is 1.73 bits per heavy atom. The summed E-state index contributed by atoms with van der Waals surface area (Å²) in [5.41, 5.74) is 4.65. The van der Waals surface area contributed by atoms with Crippen molar-refractivity contribution in [2.45, 2.75) is 70.8 Å². The molecule has 1 unspecified atom stereocenters. The van der Waals surface area contributed by atoms with Gasteiger partial charge in [0.2, 0.25) is 0 Å². The molecule has 8 nitrogen and oxygen atoms in total. The maximum Gasteiger partial charge on any atom is 0.337 e. The molecule has 40 heavy (non-hydrogen) atoms. The van der Waals surface area contributed by atoms with Gasteiger partial charge >= 0.3 is 5.97 Å². The summed E-state index contributed by atoms with van der Waals surface area (Å²) < 4.78 is 6.83. The summed E-state index contributed by atoms with van der Waals surface area (Å²) in [6.07, 6.45) is 3.41. The lowest BCUT2D eigenvalue weighted by atomic mass is 9.64. The van der Waals surface area contributed by atoms with Crippen LogP contribution in [-0.4, -0.2) is 38.4 Å². The zero-order valence-electron chi connectivity index (χ0n) is 22.9. The summed E-state index contributed by atoms with van der Waals surface area (Å²) in [5.74, 6) is 0.570. The van der Waals surface area contributed by atoms with E-state index in [1.807, 2.05) is 30.3 Å². The molecule has 2 amide bonds. The Bertz CT molecular complexity index is 1730. The van der Waals surface area contributed by atoms with E-state index in [2.05, 4.69) is 32.9 Å². The van der Waals surface area contributed by atoms with Crippen molar-refractivity contribution in [1.82, 2.24) is 15.0 Å². The number of ether oxygens (including phenoxy) is 1. The van der Waals surface area contributed by atoms with Crippen molar-refractivity contribution in [3.8, 4) is 5.75 Å². The van der Waals surface area contributed by atoms with Crippen LogP contribution in [0.5, 0.6) is 5.75 Å². The molecule has 1 aliphatic carbocycles. The minimum Gasteiger partial charge on any atom is -0.487 e. The highest BCUT2D eigenvalue weighted by Crippen LogP contribution is 2.56. The molecule has 0 bridgehead atoms. The fourth-order valence-corrected chi connectivity index (χ4v) is 7.01. The maximum absolute atomic E-state index is 12.6. The zero-order valence-corrected chi connectivity index (χ0v) is 22.9. The van der Waals surface area contributed by atoms with Crippen molar-refractivity contribution in [1.29, 1.82) is 0 Å². The van der Waals surface area contributed by atoms with E-state index in [0.717, 1.165) is 51.5 Å². The molecule has 2 fully saturated rings. The molecule has 4 aromatic rings. The maximum atomic E-state index is 12.6. The summed E-state index contributed by atoms with van der Waals surface area (Å²) in [7, 11) is 0. The van der Waals surface area contributed by atoms with Gasteiger partial charge in [-0.05, 0) is 56.2 Å². The van der Waals surface area contributed by atoms with Gasteiger partial charge in [0.15, 0.2) is 0 Å². The second-order valence-corrected chi connectivity index (χ2v) is 12.1. The smallest absolute Gasteiger partial charge is 0.337 e. The molecule has 3 atom stereocenters. The van der Waals surface area contributed by atoms with Gasteiger partial charge in [-0.1, -0.05) is 43.7 Å². The Kier molecular flexibility index (Phi) is 5.60. The largest absolute Gasteiger partial charge is 0.487 e. The number of hydroxylamine groups is 2. The molecule has 8 heteroatoms. The third-order valence-corrected chi connectivity index (χ3v) is 8.94. The summed E-state index contributed by atoms with van der Waals surface area (Å²) in [5, 5.41) is 2.65. The topological polar surface area (TPSA) is 98.7 Å². The highest BCUT2D eigenvalue weighted by Gasteiger charge is 2.47. The molecule has 3 aromatic carbocycles. The molecule has 7 rings (SSSR count). The summed E-state index contributed by atoms with van der Waals surface area (Å²) in [6.45, 7) is 6.75. The van der Waals surface area contributed by atoms with E-state index in [1.54, 1.807) is 0 Å². The number of aromatic nitrogens is 2. The van der Waals surface area contributed by atoms with E-state index in [1.165, 1.54) is 6.42 Å². The predicted molar refractivity (Wildman–Crippen MR) is 149 cm³/mol. The SMILES string of the molecule is C[C@H]1CC[C@H]2C(C1)c1c(c3ccccc3c3nc4ccc(CC(=O)ON5C(=O)CCC5=O)cc4nc13)OC2(C)C. The third kappa shape index (κ3) is 3.92. The van der Waals surface area contributed by atoms with E-state index in [4.69, 9.17) is 19.5 Å². The van der Waals surface area contributed by atoms with E-state index >= 15 is 0 Å². The number of imide groups is 1. The lowest BCUT2D eigenvalue weighted by molar-refractivity contribution is -0.197. The van der Waals surface area contributed by atoms with Gasteiger partial charge in [0.05, 0.1) is 28.5 Å². The van der Waals surface area contributed by atoms with E-state index in [9.17, 15) is 14.4 Å². The molecule has 204 valence electrons. The van der Waals surface area contributed by atoms with Gasteiger partial charge in [0.1, 0.15) is 11.4 Å². The number of carbonyl (C=O) groups is 3. The van der Waals surface area contributed by atoms with Crippen LogP contribution in [0.15, 0.2) is 42.5 Å². The number of carbonyl (C=O) groups excluding carboxylic acids is 3. The quantitative estimate of drug-likeness (QED) is 0.186. The van der Waals surface area contributed by atoms with Crippen molar-refractivity contribution in [2.24, 2.45) is 11.8 Å². The number of hydrogen-bond acceptors (Lipinski definition) is 7. The second kappa shape index (κ2) is 8.98. The van der Waals surface area contributed by atoms with Crippen molar-refractivity contribution in [3.05, 3.63) is 53.6 Å². The lowest BCUT2D eigenvalue weighted by Gasteiger charge is -2.49. The minimum atomic E-state index is -0.672. The molecule has 3 aliphatic rings. The van der Waals surface area contributed by atoms with Gasteiger partial charge in [0, 0.05) is 35.1 Å². The van der Waals surface area contributed by atoms with Gasteiger partial charge in [-0.3, -0.25) is 9.59 Å². The van der Waals surface area contributed by atoms with Gasteiger partial charge in [-0.15, -0.1) is 5.06 Å². The van der Waals surface area contributed by atoms with E-state index in [-0.39, 0.29) is 24.9 Å². The normalized spacial score (nSPS) is 23.8. The molecule has 0 spiro atoms. The Morgan fingerprint density at radius 1 is 1.00 bits per heavy atom. The van der Waals surface area contributed by atoms with Crippen LogP contribution in [0.3, 0.4) is 0 Å². The number of amides is 2. The Labute approximate surface area is 231 Å². The summed E-state index contributed by atoms with van der Waals surface area (Å²) in [4.78, 5) is 51.6. The van der Waals surface area contributed by atoms with E-state index in [0.29, 0.717) is 33.9 Å². The number of rotatable bonds is 3. The first-order valence-corrected chi connectivity index (χ1v) is 14.1. The molecule has 0 N–H and O–H groups in total. The highest BCUT2D eigenvalue weighted by molar-refractivity contribution is 6.11. The first-order chi connectivity index (χ1) is 19.2. The monoisotopic (exact) mass is 537 g/mol. The van der Waals surface area contributed by atoms with Gasteiger partial charge in [-0.25, -0.2) is 14.8 Å². The van der Waals surface area contributed by atoms with Crippen molar-refractivity contribution in [2.75, 3.05) is 0 Å². The molecule has 2 aliphatic heterocycles. The second-order valence-electron chi connectivity index (χ2n) is 12.1. The zero-order chi connectivity index (χ0) is 27.8. The molecule has 3 heterocycles. The van der Waals surface area contributed by atoms with Crippen LogP contribution in [0.1, 0.15) is 69.9 Å². The molecule has 1 saturated heterocycles. The first-order valence-electron chi connectivity index (χ1n) is 14.1. The first kappa shape index (κ1) is 24.9. The third-order valence-electron chi connectivity index (χ3n) is 8.94. The fourth-order valence-electron chi connectivity index (χ4n) is 7.01. The minimum absolute atomic E-state index is 0.0608. The van der Waals surface area contributed by atoms with Gasteiger partial charge in [0.25, 0.3) is 11.8 Å². The molecule has 0 radical (unpaired) electrons. The molecular formula is C32H31N3O5. The number of nitrogens with zero attached hydrogens (tertiary/aromatic N) is 3. The Morgan fingerprint density at radius 3 is 2.50 bits per heavy atom. The van der Waals surface area contributed by atoms with Crippen LogP contribution >= 0.6 is 0 Å². The number of hydrogen-bond donors (Lipinski definition) is 0. The van der Waals surface area contributed by atoms with E-state index < -0.39 is 17.8 Å². The molecular weight excluding hydrogens is 506 g/mol. The predicted octanol–water partition coefficient (Wildman–Crippen LogP) is 5.78. The standard InChI is InChI=1S/C32H31N3O5/c1-17-8-10-22-21(14-17)28-30-29(19-6-4-5-7-20(19)31(28)39-32(22,2)3)33-23-11-9-18(15-24(23)34-30)16-27(38)40-35-25(36)12-13-26(35)37/h4-7,9,11,15,17,21-22H,8,10,12-14,16H2,1-3H3/t17-,21?,22-/m0/s1.